The molecule has 2 aromatic carbocycles. The van der Waals surface area contributed by atoms with Gasteiger partial charge in [0.2, 0.25) is 9.84 Å². The molecule has 0 heterocycles. The van der Waals surface area contributed by atoms with Crippen LogP contribution in [0.4, 0.5) is 0 Å². The fourth-order valence-electron chi connectivity index (χ4n) is 1.37. The first kappa shape index (κ1) is 12.4. The lowest BCUT2D eigenvalue weighted by molar-refractivity contribution is 0.596. The number of halogens is 2. The lowest BCUT2D eigenvalue weighted by atomic mass is 10.4. The Morgan fingerprint density at radius 2 is 1.41 bits per heavy atom. The van der Waals surface area contributed by atoms with Crippen molar-refractivity contribution in [2.45, 2.75) is 9.79 Å². The van der Waals surface area contributed by atoms with E-state index < -0.39 is 9.84 Å². The average molecular weight is 286 g/mol. The van der Waals surface area contributed by atoms with Gasteiger partial charge in [0.05, 0.1) is 19.8 Å². The molecule has 1 radical (unpaired) electrons. The van der Waals surface area contributed by atoms with Gasteiger partial charge in [-0.3, -0.25) is 0 Å². The molecule has 2 rings (SSSR count). The molecule has 0 atom stereocenters. The topological polar surface area (TPSA) is 34.1 Å². The summed E-state index contributed by atoms with van der Waals surface area (Å²) in [7, 11) is -3.57. The van der Waals surface area contributed by atoms with Crippen LogP contribution in [0.1, 0.15) is 0 Å². The normalized spacial score (nSPS) is 11.4. The Bertz CT molecular complexity index is 617. The van der Waals surface area contributed by atoms with E-state index in [9.17, 15) is 8.42 Å². The monoisotopic (exact) mass is 285 g/mol. The molecule has 0 fully saturated rings. The maximum Gasteiger partial charge on any atom is 0.206 e. The van der Waals surface area contributed by atoms with E-state index in [4.69, 9.17) is 23.2 Å². The van der Waals surface area contributed by atoms with Gasteiger partial charge in [0.1, 0.15) is 0 Å². The Morgan fingerprint density at radius 3 is 1.94 bits per heavy atom. The molecule has 0 aliphatic heterocycles. The van der Waals surface area contributed by atoms with Gasteiger partial charge in [0.25, 0.3) is 0 Å². The minimum Gasteiger partial charge on any atom is -0.219 e. The molecule has 2 aromatic rings. The van der Waals surface area contributed by atoms with E-state index in [0.29, 0.717) is 0 Å². The third-order valence-corrected chi connectivity index (χ3v) is 4.30. The van der Waals surface area contributed by atoms with Crippen LogP contribution in [0.15, 0.2) is 52.3 Å². The molecule has 0 saturated carbocycles. The Morgan fingerprint density at radius 1 is 0.882 bits per heavy atom. The summed E-state index contributed by atoms with van der Waals surface area (Å²) in [5.74, 6) is 0. The fourth-order valence-corrected chi connectivity index (χ4v) is 3.32. The molecule has 5 heteroatoms. The van der Waals surface area contributed by atoms with Gasteiger partial charge in [-0.15, -0.1) is 0 Å². The molecular formula is C12H7Cl2O2S. The van der Waals surface area contributed by atoms with Gasteiger partial charge in [0, 0.05) is 6.07 Å². The number of hydrogen-bond acceptors (Lipinski definition) is 2. The predicted octanol–water partition coefficient (Wildman–Crippen LogP) is 3.63. The van der Waals surface area contributed by atoms with Crippen molar-refractivity contribution in [1.82, 2.24) is 0 Å². The fraction of sp³-hybridized carbons (Fsp3) is 0. The Labute approximate surface area is 110 Å². The first-order valence-corrected chi connectivity index (χ1v) is 6.92. The smallest absolute Gasteiger partial charge is 0.206 e. The third kappa shape index (κ3) is 2.63. The van der Waals surface area contributed by atoms with E-state index in [1.54, 1.807) is 18.2 Å². The number of hydrogen-bond donors (Lipinski definition) is 0. The Hall–Kier alpha value is -1.03. The van der Waals surface area contributed by atoms with Gasteiger partial charge in [-0.25, -0.2) is 8.42 Å². The van der Waals surface area contributed by atoms with E-state index >= 15 is 0 Å². The van der Waals surface area contributed by atoms with Gasteiger partial charge in [-0.2, -0.15) is 0 Å². The second-order valence-electron chi connectivity index (χ2n) is 3.33. The van der Waals surface area contributed by atoms with E-state index in [2.05, 4.69) is 6.07 Å². The summed E-state index contributed by atoms with van der Waals surface area (Å²) in [5.41, 5.74) is 0. The zero-order chi connectivity index (χ0) is 12.5. The summed E-state index contributed by atoms with van der Waals surface area (Å²) < 4.78 is 24.4. The molecule has 0 saturated heterocycles. The highest BCUT2D eigenvalue weighted by atomic mass is 35.5. The number of sulfone groups is 1. The molecule has 87 valence electrons. The van der Waals surface area contributed by atoms with Crippen LogP contribution in [0.5, 0.6) is 0 Å². The van der Waals surface area contributed by atoms with Crippen molar-refractivity contribution >= 4 is 33.0 Å². The largest absolute Gasteiger partial charge is 0.219 e. The Balaban J connectivity index is 2.60. The molecule has 0 spiro atoms. The highest BCUT2D eigenvalue weighted by molar-refractivity contribution is 7.91. The molecule has 2 nitrogen and oxygen atoms in total. The molecule has 0 aromatic heterocycles. The molecule has 0 bridgehead atoms. The third-order valence-electron chi connectivity index (χ3n) is 2.14. The van der Waals surface area contributed by atoms with Gasteiger partial charge in [-0.1, -0.05) is 41.4 Å². The molecule has 0 aliphatic carbocycles. The molecule has 0 N–H and O–H groups in total. The zero-order valence-electron chi connectivity index (χ0n) is 8.52. The van der Waals surface area contributed by atoms with Crippen LogP contribution in [0.25, 0.3) is 0 Å². The van der Waals surface area contributed by atoms with Crippen LogP contribution >= 0.6 is 23.2 Å². The first-order chi connectivity index (χ1) is 8.00. The van der Waals surface area contributed by atoms with Crippen LogP contribution in [-0.2, 0) is 9.84 Å². The standard InChI is InChI=1S/C12H7Cl2O2S/c13-9-6-10(14)8-12(7-9)17(15,16)11-4-2-1-3-5-11/h1-5,7-8H. The maximum absolute atomic E-state index is 12.2. The summed E-state index contributed by atoms with van der Waals surface area (Å²) >= 11 is 11.5. The van der Waals surface area contributed by atoms with Crippen molar-refractivity contribution in [3.05, 3.63) is 58.6 Å². The van der Waals surface area contributed by atoms with Crippen LogP contribution in [0.2, 0.25) is 10.0 Å². The van der Waals surface area contributed by atoms with Crippen LogP contribution in [0.3, 0.4) is 0 Å². The second-order valence-corrected chi connectivity index (χ2v) is 6.09. The predicted molar refractivity (Wildman–Crippen MR) is 67.2 cm³/mol. The summed E-state index contributed by atoms with van der Waals surface area (Å²) in [6.45, 7) is 0. The molecular weight excluding hydrogens is 279 g/mol. The minimum atomic E-state index is -3.57. The molecule has 17 heavy (non-hydrogen) atoms. The van der Waals surface area contributed by atoms with Gasteiger partial charge >= 0.3 is 0 Å². The number of benzene rings is 2. The lowest BCUT2D eigenvalue weighted by Gasteiger charge is -2.05. The quantitative estimate of drug-likeness (QED) is 0.844. The van der Waals surface area contributed by atoms with Crippen molar-refractivity contribution in [3.8, 4) is 0 Å². The summed E-state index contributed by atoms with van der Waals surface area (Å²) in [6, 6.07) is 13.4. The van der Waals surface area contributed by atoms with Crippen molar-refractivity contribution < 1.29 is 8.42 Å². The summed E-state index contributed by atoms with van der Waals surface area (Å²) in [6.07, 6.45) is 0. The maximum atomic E-state index is 12.2. The zero-order valence-corrected chi connectivity index (χ0v) is 10.9. The minimum absolute atomic E-state index is 0.0671. The summed E-state index contributed by atoms with van der Waals surface area (Å²) in [4.78, 5) is 0.274. The van der Waals surface area contributed by atoms with Crippen LogP contribution in [-0.4, -0.2) is 8.42 Å². The van der Waals surface area contributed by atoms with Gasteiger partial charge in [-0.05, 0) is 24.3 Å². The van der Waals surface area contributed by atoms with E-state index in [0.717, 1.165) is 0 Å². The second kappa shape index (κ2) is 4.69. The SMILES string of the molecule is O=S(=O)(c1ccccc1)c1cc(Cl)[c]c(Cl)c1. The molecule has 0 unspecified atom stereocenters. The van der Waals surface area contributed by atoms with Crippen LogP contribution in [0, 0.1) is 6.07 Å². The Kier molecular flexibility index (Phi) is 3.43. The molecule has 0 amide bonds. The van der Waals surface area contributed by atoms with Crippen molar-refractivity contribution in [3.63, 3.8) is 0 Å². The van der Waals surface area contributed by atoms with Crippen molar-refractivity contribution in [2.24, 2.45) is 0 Å². The highest BCUT2D eigenvalue weighted by Crippen LogP contribution is 2.26. The average Bonchev–Trinajstić information content (AvgIpc) is 2.29. The first-order valence-electron chi connectivity index (χ1n) is 4.68. The summed E-state index contributed by atoms with van der Waals surface area (Å²) in [5, 5.41) is 0.346. The van der Waals surface area contributed by atoms with E-state index in [1.165, 1.54) is 24.3 Å². The molecule has 0 aliphatic rings. The van der Waals surface area contributed by atoms with E-state index in [-0.39, 0.29) is 19.8 Å². The van der Waals surface area contributed by atoms with Gasteiger partial charge in [0.15, 0.2) is 0 Å². The highest BCUT2D eigenvalue weighted by Gasteiger charge is 2.18. The number of rotatable bonds is 2. The van der Waals surface area contributed by atoms with Gasteiger partial charge < -0.3 is 0 Å². The van der Waals surface area contributed by atoms with Crippen molar-refractivity contribution in [1.29, 1.82) is 0 Å². The van der Waals surface area contributed by atoms with Crippen LogP contribution < -0.4 is 0 Å². The lowest BCUT2D eigenvalue weighted by Crippen LogP contribution is -2.01. The van der Waals surface area contributed by atoms with Crippen molar-refractivity contribution in [2.75, 3.05) is 0 Å². The van der Waals surface area contributed by atoms with E-state index in [1.807, 2.05) is 0 Å².